The maximum Gasteiger partial charge on any atom is 0.263 e. The van der Waals surface area contributed by atoms with Crippen molar-refractivity contribution in [3.05, 3.63) is 23.5 Å². The van der Waals surface area contributed by atoms with Gasteiger partial charge in [0.25, 0.3) is 4.69 Å². The number of aromatic nitrogens is 2. The molecule has 0 aliphatic carbocycles. The van der Waals surface area contributed by atoms with Crippen molar-refractivity contribution in [3.63, 3.8) is 0 Å². The molecule has 0 atom stereocenters. The van der Waals surface area contributed by atoms with Gasteiger partial charge in [0.05, 0.1) is 11.0 Å². The smallest absolute Gasteiger partial charge is 0.263 e. The summed E-state index contributed by atoms with van der Waals surface area (Å²) >= 11 is 5.86. The Balaban J connectivity index is 2.70. The SMILES string of the molecule is N=C(Br)c1cc2nc(C(=O)Br)[nH]c2cc1N. The standard InChI is InChI=1S/C9H6Br2N4O/c10-7(13)3-1-5-6(2-4(3)12)15-9(14-5)8(11)16/h1-2,13H,12H2,(H,14,15). The van der Waals surface area contributed by atoms with E-state index in [0.29, 0.717) is 22.3 Å². The fourth-order valence-electron chi connectivity index (χ4n) is 1.36. The van der Waals surface area contributed by atoms with E-state index in [2.05, 4.69) is 41.8 Å². The molecule has 0 radical (unpaired) electrons. The Kier molecular flexibility index (Phi) is 2.81. The molecule has 0 aliphatic heterocycles. The number of hydrogen-bond donors (Lipinski definition) is 3. The lowest BCUT2D eigenvalue weighted by molar-refractivity contribution is 0.108. The van der Waals surface area contributed by atoms with Crippen LogP contribution in [0, 0.1) is 5.41 Å². The number of aromatic amines is 1. The Morgan fingerprint density at radius 2 is 2.12 bits per heavy atom. The van der Waals surface area contributed by atoms with Gasteiger partial charge < -0.3 is 10.7 Å². The minimum absolute atomic E-state index is 0.182. The molecule has 1 heterocycles. The summed E-state index contributed by atoms with van der Waals surface area (Å²) in [6.07, 6.45) is 0. The molecule has 1 aromatic carbocycles. The molecule has 0 aliphatic rings. The van der Waals surface area contributed by atoms with Crippen LogP contribution in [0.5, 0.6) is 0 Å². The highest BCUT2D eigenvalue weighted by atomic mass is 79.9. The molecule has 0 unspecified atom stereocenters. The molecule has 0 saturated heterocycles. The molecule has 1 aromatic heterocycles. The average molecular weight is 346 g/mol. The normalized spacial score (nSPS) is 10.6. The number of rotatable bonds is 2. The first-order valence-electron chi connectivity index (χ1n) is 4.22. The fraction of sp³-hybridized carbons (Fsp3) is 0. The first kappa shape index (κ1) is 11.3. The van der Waals surface area contributed by atoms with Gasteiger partial charge in [-0.3, -0.25) is 10.2 Å². The van der Waals surface area contributed by atoms with Crippen LogP contribution in [0.1, 0.15) is 16.2 Å². The summed E-state index contributed by atoms with van der Waals surface area (Å²) in [6.45, 7) is 0. The van der Waals surface area contributed by atoms with Crippen LogP contribution in [0.3, 0.4) is 0 Å². The maximum absolute atomic E-state index is 11.1. The second-order valence-corrected chi connectivity index (χ2v) is 4.64. The quantitative estimate of drug-likeness (QED) is 0.443. The summed E-state index contributed by atoms with van der Waals surface area (Å²) < 4.78 is -0.139. The largest absolute Gasteiger partial charge is 0.398 e. The van der Waals surface area contributed by atoms with Gasteiger partial charge in [0.2, 0.25) is 0 Å². The van der Waals surface area contributed by atoms with E-state index in [1.807, 2.05) is 0 Å². The van der Waals surface area contributed by atoms with Gasteiger partial charge in [0.15, 0.2) is 5.82 Å². The van der Waals surface area contributed by atoms with Crippen LogP contribution < -0.4 is 5.73 Å². The Bertz CT molecular complexity index is 605. The van der Waals surface area contributed by atoms with Gasteiger partial charge in [-0.25, -0.2) is 4.98 Å². The number of H-pyrrole nitrogens is 1. The predicted molar refractivity (Wildman–Crippen MR) is 69.5 cm³/mol. The highest BCUT2D eigenvalue weighted by Gasteiger charge is 2.11. The first-order chi connectivity index (χ1) is 7.49. The molecular weight excluding hydrogens is 340 g/mol. The number of halogens is 2. The van der Waals surface area contributed by atoms with E-state index in [-0.39, 0.29) is 15.1 Å². The van der Waals surface area contributed by atoms with E-state index in [4.69, 9.17) is 11.1 Å². The third-order valence-electron chi connectivity index (χ3n) is 2.08. The lowest BCUT2D eigenvalue weighted by Gasteiger charge is -2.01. The second kappa shape index (κ2) is 3.99. The third-order valence-corrected chi connectivity index (χ3v) is 2.88. The number of carbonyl (C=O) groups excluding carboxylic acids is 1. The molecule has 2 aromatic rings. The van der Waals surface area contributed by atoms with Crippen LogP contribution >= 0.6 is 31.9 Å². The van der Waals surface area contributed by atoms with Gasteiger partial charge in [0.1, 0.15) is 4.62 Å². The minimum Gasteiger partial charge on any atom is -0.398 e. The van der Waals surface area contributed by atoms with Gasteiger partial charge in [0, 0.05) is 27.2 Å². The Morgan fingerprint density at radius 3 is 2.69 bits per heavy atom. The molecule has 0 amide bonds. The summed E-state index contributed by atoms with van der Waals surface area (Å²) in [5.41, 5.74) is 8.02. The molecule has 2 rings (SSSR count). The van der Waals surface area contributed by atoms with Crippen LogP contribution in [-0.4, -0.2) is 19.3 Å². The van der Waals surface area contributed by atoms with Crippen molar-refractivity contribution >= 4 is 57.9 Å². The van der Waals surface area contributed by atoms with Crippen molar-refractivity contribution in [2.24, 2.45) is 0 Å². The number of carbonyl (C=O) groups is 1. The van der Waals surface area contributed by atoms with Gasteiger partial charge in [-0.05, 0) is 28.1 Å². The summed E-state index contributed by atoms with van der Waals surface area (Å²) in [4.78, 5) is 18.0. The molecule has 4 N–H and O–H groups in total. The lowest BCUT2D eigenvalue weighted by Crippen LogP contribution is -1.96. The van der Waals surface area contributed by atoms with E-state index < -0.39 is 0 Å². The molecule has 16 heavy (non-hydrogen) atoms. The van der Waals surface area contributed by atoms with Crippen LogP contribution in [0.25, 0.3) is 11.0 Å². The summed E-state index contributed by atoms with van der Waals surface area (Å²) in [6, 6.07) is 3.30. The maximum atomic E-state index is 11.1. The molecular formula is C9H6Br2N4O. The number of imidazole rings is 1. The number of hydrogen-bond acceptors (Lipinski definition) is 4. The number of benzene rings is 1. The van der Waals surface area contributed by atoms with E-state index in [1.54, 1.807) is 12.1 Å². The molecule has 0 saturated carbocycles. The van der Waals surface area contributed by atoms with Crippen LogP contribution in [-0.2, 0) is 0 Å². The molecule has 5 nitrogen and oxygen atoms in total. The zero-order valence-electron chi connectivity index (χ0n) is 7.84. The molecule has 7 heteroatoms. The molecule has 0 bridgehead atoms. The van der Waals surface area contributed by atoms with Crippen molar-refractivity contribution in [3.8, 4) is 0 Å². The predicted octanol–water partition coefficient (Wildman–Crippen LogP) is 2.40. The Hall–Kier alpha value is -1.21. The number of anilines is 1. The van der Waals surface area contributed by atoms with Crippen molar-refractivity contribution in [1.29, 1.82) is 5.41 Å². The Morgan fingerprint density at radius 1 is 1.44 bits per heavy atom. The van der Waals surface area contributed by atoms with Crippen LogP contribution in [0.2, 0.25) is 0 Å². The number of nitrogen functional groups attached to an aromatic ring is 1. The number of nitrogens with one attached hydrogen (secondary N) is 2. The minimum atomic E-state index is -0.322. The second-order valence-electron chi connectivity index (χ2n) is 3.13. The van der Waals surface area contributed by atoms with Crippen LogP contribution in [0.15, 0.2) is 12.1 Å². The molecule has 0 spiro atoms. The van der Waals surface area contributed by atoms with Crippen molar-refractivity contribution in [2.75, 3.05) is 5.73 Å². The lowest BCUT2D eigenvalue weighted by atomic mass is 10.2. The topological polar surface area (TPSA) is 95.6 Å². The van der Waals surface area contributed by atoms with Crippen molar-refractivity contribution in [1.82, 2.24) is 9.97 Å². The third kappa shape index (κ3) is 1.88. The van der Waals surface area contributed by atoms with E-state index >= 15 is 0 Å². The van der Waals surface area contributed by atoms with Crippen molar-refractivity contribution in [2.45, 2.75) is 0 Å². The monoisotopic (exact) mass is 344 g/mol. The highest BCUT2D eigenvalue weighted by Crippen LogP contribution is 2.22. The van der Waals surface area contributed by atoms with E-state index in [1.165, 1.54) is 0 Å². The van der Waals surface area contributed by atoms with Gasteiger partial charge in [-0.2, -0.15) is 0 Å². The van der Waals surface area contributed by atoms with Gasteiger partial charge in [-0.15, -0.1) is 0 Å². The first-order valence-corrected chi connectivity index (χ1v) is 5.81. The summed E-state index contributed by atoms with van der Waals surface area (Å²) in [5, 5.41) is 7.47. The van der Waals surface area contributed by atoms with Crippen molar-refractivity contribution < 1.29 is 4.79 Å². The highest BCUT2D eigenvalue weighted by molar-refractivity contribution is 9.18. The summed E-state index contributed by atoms with van der Waals surface area (Å²) in [7, 11) is 0. The molecule has 82 valence electrons. The van der Waals surface area contributed by atoms with Crippen LogP contribution in [0.4, 0.5) is 5.69 Å². The van der Waals surface area contributed by atoms with Gasteiger partial charge in [-0.1, -0.05) is 0 Å². The molecule has 0 fully saturated rings. The van der Waals surface area contributed by atoms with E-state index in [9.17, 15) is 4.79 Å². The number of nitrogens with zero attached hydrogens (tertiary/aromatic N) is 1. The summed E-state index contributed by atoms with van der Waals surface area (Å²) in [5.74, 6) is 0.215. The zero-order chi connectivity index (χ0) is 11.9. The number of nitrogens with two attached hydrogens (primary N) is 1. The number of fused-ring (bicyclic) bond motifs is 1. The Labute approximate surface area is 107 Å². The van der Waals surface area contributed by atoms with Gasteiger partial charge >= 0.3 is 0 Å². The zero-order valence-corrected chi connectivity index (χ0v) is 11.0. The fourth-order valence-corrected chi connectivity index (χ4v) is 1.89. The average Bonchev–Trinajstić information content (AvgIpc) is 2.58. The van der Waals surface area contributed by atoms with E-state index in [0.717, 1.165) is 0 Å².